The van der Waals surface area contributed by atoms with E-state index in [9.17, 15) is 31.6 Å². The molecule has 430 valence electrons. The second kappa shape index (κ2) is 20.3. The highest BCUT2D eigenvalue weighted by Gasteiger charge is 2.38. The van der Waals surface area contributed by atoms with Crippen molar-refractivity contribution in [2.75, 3.05) is 0 Å². The van der Waals surface area contributed by atoms with Gasteiger partial charge in [0.05, 0.1) is 67.3 Å². The zero-order valence-electron chi connectivity index (χ0n) is 46.6. The van der Waals surface area contributed by atoms with Crippen molar-refractivity contribution < 1.29 is 52.7 Å². The topological polar surface area (TPSA) is 33.6 Å². The van der Waals surface area contributed by atoms with Gasteiger partial charge in [-0.05, 0) is 181 Å². The zero-order chi connectivity index (χ0) is 61.3. The van der Waals surface area contributed by atoms with Crippen LogP contribution >= 0.6 is 0 Å². The Hall–Kier alpha value is -9.55. The van der Waals surface area contributed by atoms with Crippen LogP contribution in [0.2, 0.25) is 0 Å². The molecule has 15 heteroatoms. The van der Waals surface area contributed by atoms with E-state index < -0.39 is 47.0 Å². The average Bonchev–Trinajstić information content (AvgIpc) is 1.52. The van der Waals surface area contributed by atoms with Crippen LogP contribution < -0.4 is 0 Å². The summed E-state index contributed by atoms with van der Waals surface area (Å²) in [6.45, 7) is 9.97. The van der Waals surface area contributed by atoms with Crippen LogP contribution in [-0.2, 0) is 24.7 Å². The van der Waals surface area contributed by atoms with Crippen LogP contribution in [-0.4, -0.2) is 9.13 Å². The van der Waals surface area contributed by atoms with Gasteiger partial charge in [0, 0.05) is 32.7 Å². The summed E-state index contributed by atoms with van der Waals surface area (Å²) >= 11 is 0. The third-order valence-corrected chi connectivity index (χ3v) is 16.3. The van der Waals surface area contributed by atoms with E-state index >= 15 is 26.3 Å². The first-order chi connectivity index (χ1) is 40.6. The van der Waals surface area contributed by atoms with Gasteiger partial charge in [0.2, 0.25) is 0 Å². The lowest BCUT2D eigenvalue weighted by molar-refractivity contribution is -0.138. The van der Waals surface area contributed by atoms with Crippen LogP contribution in [0, 0.1) is 52.9 Å². The number of nitrogens with zero attached hydrogens (tertiary/aromatic N) is 3. The molecular formula is C71H47F12N3. The minimum Gasteiger partial charge on any atom is -0.308 e. The fourth-order valence-corrected chi connectivity index (χ4v) is 12.4. The summed E-state index contributed by atoms with van der Waals surface area (Å²) in [6, 6.07) is 46.0. The van der Waals surface area contributed by atoms with Crippen LogP contribution in [0.3, 0.4) is 0 Å². The molecule has 86 heavy (non-hydrogen) atoms. The van der Waals surface area contributed by atoms with E-state index in [1.54, 1.807) is 76.7 Å². The Bertz CT molecular complexity index is 4720. The molecule has 0 spiro atoms. The van der Waals surface area contributed by atoms with Crippen molar-refractivity contribution in [3.63, 3.8) is 0 Å². The average molecular weight is 1170 g/mol. The van der Waals surface area contributed by atoms with Crippen molar-refractivity contribution in [1.29, 1.82) is 5.26 Å². The number of aryl methyl sites for hydroxylation is 6. The van der Waals surface area contributed by atoms with Crippen LogP contribution in [0.1, 0.15) is 61.2 Å². The van der Waals surface area contributed by atoms with E-state index in [2.05, 4.69) is 6.07 Å². The molecule has 0 fully saturated rings. The molecule has 0 atom stereocenters. The van der Waals surface area contributed by atoms with Gasteiger partial charge in [-0.15, -0.1) is 0 Å². The van der Waals surface area contributed by atoms with E-state index in [0.29, 0.717) is 71.5 Å². The minimum atomic E-state index is -5.03. The predicted molar refractivity (Wildman–Crippen MR) is 315 cm³/mol. The zero-order valence-corrected chi connectivity index (χ0v) is 46.6. The molecule has 2 heterocycles. The molecule has 2 aromatic heterocycles. The predicted octanol–water partition coefficient (Wildman–Crippen LogP) is 22.0. The normalized spacial score (nSPS) is 12.5. The molecule has 0 bridgehead atoms. The first-order valence-electron chi connectivity index (χ1n) is 27.1. The number of fused-ring (bicyclic) bond motifs is 6. The van der Waals surface area contributed by atoms with Crippen LogP contribution in [0.4, 0.5) is 52.7 Å². The Labute approximate surface area is 485 Å². The summed E-state index contributed by atoms with van der Waals surface area (Å²) in [6.07, 6.45) is -19.2. The molecule has 0 radical (unpaired) electrons. The molecule has 0 N–H and O–H groups in total. The summed E-state index contributed by atoms with van der Waals surface area (Å²) in [4.78, 5) is 0. The third kappa shape index (κ3) is 9.80. The molecule has 0 amide bonds. The molecule has 12 rings (SSSR count). The molecule has 0 saturated carbocycles. The van der Waals surface area contributed by atoms with E-state index in [0.717, 1.165) is 53.1 Å². The molecule has 0 aliphatic heterocycles. The Morgan fingerprint density at radius 1 is 0.326 bits per heavy atom. The maximum atomic E-state index is 16.2. The minimum absolute atomic E-state index is 0.0102. The second-order valence-electron chi connectivity index (χ2n) is 22.0. The Kier molecular flexibility index (Phi) is 13.4. The number of nitriles is 1. The molecule has 12 aromatic rings. The summed E-state index contributed by atoms with van der Waals surface area (Å²) in [5.74, 6) is 0. The SMILES string of the molecule is Cc1ccc(-c2ccc3c4ccc(-c5ccc(C)cc5C(F)(F)F)cc4n(-c4cc(C#N)cc(-n5c6cc(-c7ccc(C(F)(F)F)cc7C)ccc6c6ccc(-c7ccc(C(F)(F)F)cc7C)cc65)c4-c4c(C)cccc4C(F)(F)F)c3c2)c(C)c1. The van der Waals surface area contributed by atoms with Gasteiger partial charge in [-0.2, -0.15) is 57.9 Å². The van der Waals surface area contributed by atoms with Crippen molar-refractivity contribution in [3.05, 3.63) is 237 Å². The molecule has 0 aliphatic carbocycles. The maximum Gasteiger partial charge on any atom is 0.417 e. The maximum absolute atomic E-state index is 16.2. The molecular weight excluding hydrogens is 1120 g/mol. The van der Waals surface area contributed by atoms with E-state index in [-0.39, 0.29) is 61.4 Å². The lowest BCUT2D eigenvalue weighted by Gasteiger charge is -2.25. The summed E-state index contributed by atoms with van der Waals surface area (Å²) in [5.41, 5.74) is 3.16. The van der Waals surface area contributed by atoms with Crippen molar-refractivity contribution in [3.8, 4) is 73.1 Å². The first kappa shape index (κ1) is 56.9. The number of aromatic nitrogens is 2. The number of hydrogen-bond acceptors (Lipinski definition) is 1. The third-order valence-electron chi connectivity index (χ3n) is 16.3. The van der Waals surface area contributed by atoms with Gasteiger partial charge in [0.15, 0.2) is 0 Å². The van der Waals surface area contributed by atoms with E-state index in [4.69, 9.17) is 0 Å². The Morgan fingerprint density at radius 2 is 0.698 bits per heavy atom. The standard InChI is InChI=1S/C71H47F12N3/c1-37-10-18-50(40(4)26-37)44-12-20-56-57-23-15-47(53-19-11-38(2)27-59(53)71(81,82)83)35-63(57)86(60(56)32-44)65-31-43(36-84)30-64(67(65)66-39(3)8-7-9-58(66)70(78,79)80)85-61-33-45(51-24-16-48(28-41(51)5)68(72,73)74)13-21-54(61)55-22-14-46(34-62(55)85)52-25-17-49(29-42(52)6)69(75,76)77/h7-35H,1-6H3. The number of halogens is 12. The first-order valence-corrected chi connectivity index (χ1v) is 27.1. The monoisotopic (exact) mass is 1170 g/mol. The summed E-state index contributed by atoms with van der Waals surface area (Å²) in [5, 5.41) is 13.4. The van der Waals surface area contributed by atoms with Crippen molar-refractivity contribution in [1.82, 2.24) is 9.13 Å². The van der Waals surface area contributed by atoms with E-state index in [1.165, 1.54) is 63.2 Å². The Morgan fingerprint density at radius 3 is 1.07 bits per heavy atom. The van der Waals surface area contributed by atoms with Gasteiger partial charge in [-0.3, -0.25) is 0 Å². The number of rotatable bonds is 7. The van der Waals surface area contributed by atoms with Gasteiger partial charge in [0.25, 0.3) is 0 Å². The fraction of sp³-hybridized carbons (Fsp3) is 0.141. The number of alkyl halides is 12. The number of hydrogen-bond donors (Lipinski definition) is 0. The van der Waals surface area contributed by atoms with Crippen LogP contribution in [0.15, 0.2) is 176 Å². The van der Waals surface area contributed by atoms with Gasteiger partial charge in [-0.1, -0.05) is 114 Å². The van der Waals surface area contributed by atoms with Gasteiger partial charge in [0.1, 0.15) is 0 Å². The highest BCUT2D eigenvalue weighted by Crippen LogP contribution is 2.50. The summed E-state index contributed by atoms with van der Waals surface area (Å²) < 4.78 is 182. The lowest BCUT2D eigenvalue weighted by atomic mass is 9.90. The molecule has 0 aliphatic rings. The highest BCUT2D eigenvalue weighted by molar-refractivity contribution is 6.14. The second-order valence-corrected chi connectivity index (χ2v) is 22.0. The van der Waals surface area contributed by atoms with Gasteiger partial charge in [-0.25, -0.2) is 0 Å². The molecule has 0 saturated heterocycles. The molecule has 0 unspecified atom stereocenters. The molecule has 3 nitrogen and oxygen atoms in total. The van der Waals surface area contributed by atoms with Gasteiger partial charge < -0.3 is 9.13 Å². The fourth-order valence-electron chi connectivity index (χ4n) is 12.4. The molecule has 10 aromatic carbocycles. The van der Waals surface area contributed by atoms with Crippen LogP contribution in [0.25, 0.3) is 111 Å². The smallest absolute Gasteiger partial charge is 0.308 e. The van der Waals surface area contributed by atoms with Crippen LogP contribution in [0.5, 0.6) is 0 Å². The highest BCUT2D eigenvalue weighted by atomic mass is 19.4. The summed E-state index contributed by atoms with van der Waals surface area (Å²) in [7, 11) is 0. The van der Waals surface area contributed by atoms with Gasteiger partial charge >= 0.3 is 24.7 Å². The Balaban J connectivity index is 1.28. The quantitative estimate of drug-likeness (QED) is 0.146. The number of benzene rings is 10. The largest absolute Gasteiger partial charge is 0.417 e. The van der Waals surface area contributed by atoms with Crippen molar-refractivity contribution in [2.24, 2.45) is 0 Å². The lowest BCUT2D eigenvalue weighted by Crippen LogP contribution is -2.12. The van der Waals surface area contributed by atoms with Crippen molar-refractivity contribution >= 4 is 43.6 Å². The van der Waals surface area contributed by atoms with E-state index in [1.807, 2.05) is 50.2 Å². The van der Waals surface area contributed by atoms with Crippen molar-refractivity contribution in [2.45, 2.75) is 66.2 Å².